The zero-order valence-electron chi connectivity index (χ0n) is 8.79. The first-order chi connectivity index (χ1) is 7.22. The van der Waals surface area contributed by atoms with Crippen LogP contribution in [0, 0.1) is 0 Å². The van der Waals surface area contributed by atoms with Crippen LogP contribution in [0.25, 0.3) is 0 Å². The highest BCUT2D eigenvalue weighted by molar-refractivity contribution is 7.98. The number of halogens is 1. The molecule has 15 heavy (non-hydrogen) atoms. The SMILES string of the molecule is CSCCCCNc1cc(N)cc(Cl)n1. The minimum atomic E-state index is 0.432. The Kier molecular flexibility index (Phi) is 5.65. The first-order valence-electron chi connectivity index (χ1n) is 4.88. The highest BCUT2D eigenvalue weighted by Crippen LogP contribution is 2.15. The second-order valence-electron chi connectivity index (χ2n) is 3.24. The van der Waals surface area contributed by atoms with Crippen LogP contribution in [0.5, 0.6) is 0 Å². The van der Waals surface area contributed by atoms with E-state index in [1.807, 2.05) is 11.8 Å². The number of nitrogens with zero attached hydrogens (tertiary/aromatic N) is 1. The van der Waals surface area contributed by atoms with Crippen molar-refractivity contribution in [1.29, 1.82) is 0 Å². The Balaban J connectivity index is 2.31. The molecule has 1 heterocycles. The maximum atomic E-state index is 5.78. The van der Waals surface area contributed by atoms with E-state index in [0.29, 0.717) is 10.8 Å². The van der Waals surface area contributed by atoms with E-state index in [2.05, 4.69) is 16.6 Å². The van der Waals surface area contributed by atoms with Crippen molar-refractivity contribution < 1.29 is 0 Å². The number of nitrogens with one attached hydrogen (secondary N) is 1. The summed E-state index contributed by atoms with van der Waals surface area (Å²) in [4.78, 5) is 4.12. The van der Waals surface area contributed by atoms with Crippen molar-refractivity contribution in [2.75, 3.05) is 29.6 Å². The van der Waals surface area contributed by atoms with Crippen molar-refractivity contribution in [3.8, 4) is 0 Å². The van der Waals surface area contributed by atoms with Gasteiger partial charge >= 0.3 is 0 Å². The lowest BCUT2D eigenvalue weighted by atomic mass is 10.3. The van der Waals surface area contributed by atoms with Crippen LogP contribution >= 0.6 is 23.4 Å². The zero-order valence-corrected chi connectivity index (χ0v) is 10.4. The van der Waals surface area contributed by atoms with E-state index in [-0.39, 0.29) is 0 Å². The van der Waals surface area contributed by atoms with Gasteiger partial charge in [0.15, 0.2) is 0 Å². The Morgan fingerprint density at radius 2 is 2.27 bits per heavy atom. The summed E-state index contributed by atoms with van der Waals surface area (Å²) in [6.07, 6.45) is 4.46. The molecule has 3 N–H and O–H groups in total. The Bertz CT molecular complexity index is 286. The van der Waals surface area contributed by atoms with Crippen LogP contribution in [0.3, 0.4) is 0 Å². The Morgan fingerprint density at radius 1 is 1.47 bits per heavy atom. The molecule has 1 aromatic rings. The molecule has 0 spiro atoms. The van der Waals surface area contributed by atoms with Gasteiger partial charge in [0, 0.05) is 18.3 Å². The second-order valence-corrected chi connectivity index (χ2v) is 4.61. The number of hydrogen-bond acceptors (Lipinski definition) is 4. The summed E-state index contributed by atoms with van der Waals surface area (Å²) in [5.41, 5.74) is 6.28. The normalized spacial score (nSPS) is 10.3. The van der Waals surface area contributed by atoms with Crippen molar-refractivity contribution in [2.45, 2.75) is 12.8 Å². The smallest absolute Gasteiger partial charge is 0.133 e. The predicted molar refractivity (Wildman–Crippen MR) is 69.8 cm³/mol. The third-order valence-corrected chi connectivity index (χ3v) is 2.79. The first-order valence-corrected chi connectivity index (χ1v) is 6.65. The van der Waals surface area contributed by atoms with Gasteiger partial charge in [0.25, 0.3) is 0 Å². The van der Waals surface area contributed by atoms with Gasteiger partial charge in [-0.15, -0.1) is 0 Å². The molecule has 5 heteroatoms. The van der Waals surface area contributed by atoms with Gasteiger partial charge in [0.2, 0.25) is 0 Å². The Hall–Kier alpha value is -0.610. The molecule has 0 amide bonds. The molecule has 1 aromatic heterocycles. The molecule has 0 aliphatic carbocycles. The first kappa shape index (κ1) is 12.5. The van der Waals surface area contributed by atoms with Crippen molar-refractivity contribution in [3.05, 3.63) is 17.3 Å². The summed E-state index contributed by atoms with van der Waals surface area (Å²) in [7, 11) is 0. The van der Waals surface area contributed by atoms with E-state index < -0.39 is 0 Å². The number of aromatic nitrogens is 1. The van der Waals surface area contributed by atoms with E-state index in [0.717, 1.165) is 18.8 Å². The molecule has 0 aliphatic heterocycles. The molecule has 0 saturated carbocycles. The van der Waals surface area contributed by atoms with E-state index in [1.165, 1.54) is 12.2 Å². The number of anilines is 2. The number of hydrogen-bond donors (Lipinski definition) is 2. The summed E-state index contributed by atoms with van der Waals surface area (Å²) in [5.74, 6) is 1.96. The summed E-state index contributed by atoms with van der Waals surface area (Å²) in [5, 5.41) is 3.63. The van der Waals surface area contributed by atoms with Gasteiger partial charge in [-0.05, 0) is 30.9 Å². The minimum Gasteiger partial charge on any atom is -0.399 e. The molecule has 0 unspecified atom stereocenters. The number of thioether (sulfide) groups is 1. The minimum absolute atomic E-state index is 0.432. The summed E-state index contributed by atoms with van der Waals surface area (Å²) in [6, 6.07) is 3.43. The molecule has 0 fully saturated rings. The Labute approximate surface area is 99.8 Å². The van der Waals surface area contributed by atoms with Crippen LogP contribution < -0.4 is 11.1 Å². The van der Waals surface area contributed by atoms with Crippen LogP contribution in [-0.2, 0) is 0 Å². The molecular formula is C10H16ClN3S. The molecular weight excluding hydrogens is 230 g/mol. The number of nitrogens with two attached hydrogens (primary N) is 1. The van der Waals surface area contributed by atoms with Gasteiger partial charge in [-0.3, -0.25) is 0 Å². The van der Waals surface area contributed by atoms with Gasteiger partial charge in [0.1, 0.15) is 11.0 Å². The number of pyridine rings is 1. The maximum absolute atomic E-state index is 5.78. The fourth-order valence-electron chi connectivity index (χ4n) is 1.20. The molecule has 84 valence electrons. The van der Waals surface area contributed by atoms with E-state index in [9.17, 15) is 0 Å². The van der Waals surface area contributed by atoms with Crippen molar-refractivity contribution in [1.82, 2.24) is 4.98 Å². The molecule has 1 rings (SSSR count). The largest absolute Gasteiger partial charge is 0.399 e. The maximum Gasteiger partial charge on any atom is 0.133 e. The van der Waals surface area contributed by atoms with Crippen molar-refractivity contribution >= 4 is 34.9 Å². The van der Waals surface area contributed by atoms with E-state index in [1.54, 1.807) is 12.1 Å². The summed E-state index contributed by atoms with van der Waals surface area (Å²) in [6.45, 7) is 0.910. The molecule has 0 atom stereocenters. The lowest BCUT2D eigenvalue weighted by molar-refractivity contribution is 0.840. The standard InChI is InChI=1S/C10H16ClN3S/c1-15-5-3-2-4-13-10-7-8(12)6-9(11)14-10/h6-7H,2-5H2,1H3,(H3,12,13,14). The molecule has 3 nitrogen and oxygen atoms in total. The van der Waals surface area contributed by atoms with Gasteiger partial charge in [-0.1, -0.05) is 11.6 Å². The quantitative estimate of drug-likeness (QED) is 0.598. The van der Waals surface area contributed by atoms with Gasteiger partial charge in [-0.25, -0.2) is 4.98 Å². The van der Waals surface area contributed by atoms with Gasteiger partial charge in [0.05, 0.1) is 0 Å². The third-order valence-electron chi connectivity index (χ3n) is 1.90. The van der Waals surface area contributed by atoms with Crippen LogP contribution in [0.15, 0.2) is 12.1 Å². The molecule has 0 bridgehead atoms. The van der Waals surface area contributed by atoms with Crippen molar-refractivity contribution in [2.24, 2.45) is 0 Å². The van der Waals surface area contributed by atoms with E-state index in [4.69, 9.17) is 17.3 Å². The fraction of sp³-hybridized carbons (Fsp3) is 0.500. The lowest BCUT2D eigenvalue weighted by Crippen LogP contribution is -2.04. The predicted octanol–water partition coefficient (Wildman–Crippen LogP) is 2.87. The molecule has 0 aromatic carbocycles. The lowest BCUT2D eigenvalue weighted by Gasteiger charge is -2.06. The average molecular weight is 246 g/mol. The van der Waals surface area contributed by atoms with Crippen LogP contribution in [0.1, 0.15) is 12.8 Å². The third kappa shape index (κ3) is 5.14. The summed E-state index contributed by atoms with van der Waals surface area (Å²) >= 11 is 7.65. The summed E-state index contributed by atoms with van der Waals surface area (Å²) < 4.78 is 0. The molecule has 0 saturated heterocycles. The molecule has 0 aliphatic rings. The van der Waals surface area contributed by atoms with Crippen molar-refractivity contribution in [3.63, 3.8) is 0 Å². The van der Waals surface area contributed by atoms with Crippen LogP contribution in [0.4, 0.5) is 11.5 Å². The number of rotatable bonds is 6. The topological polar surface area (TPSA) is 50.9 Å². The van der Waals surface area contributed by atoms with Crippen LogP contribution in [0.2, 0.25) is 5.15 Å². The van der Waals surface area contributed by atoms with E-state index >= 15 is 0 Å². The highest BCUT2D eigenvalue weighted by atomic mass is 35.5. The number of unbranched alkanes of at least 4 members (excludes halogenated alkanes) is 1. The van der Waals surface area contributed by atoms with Gasteiger partial charge < -0.3 is 11.1 Å². The zero-order chi connectivity index (χ0) is 11.1. The average Bonchev–Trinajstić information content (AvgIpc) is 2.16. The van der Waals surface area contributed by atoms with Gasteiger partial charge in [-0.2, -0.15) is 11.8 Å². The number of nitrogen functional groups attached to an aromatic ring is 1. The Morgan fingerprint density at radius 3 is 2.93 bits per heavy atom. The fourth-order valence-corrected chi connectivity index (χ4v) is 1.90. The second kappa shape index (κ2) is 6.80. The highest BCUT2D eigenvalue weighted by Gasteiger charge is 1.97. The molecule has 0 radical (unpaired) electrons. The monoisotopic (exact) mass is 245 g/mol. The van der Waals surface area contributed by atoms with Crippen LogP contribution in [-0.4, -0.2) is 23.5 Å².